The van der Waals surface area contributed by atoms with Crippen LogP contribution in [0.25, 0.3) is 10.9 Å². The van der Waals surface area contributed by atoms with Crippen LogP contribution in [0.3, 0.4) is 0 Å². The van der Waals surface area contributed by atoms with Gasteiger partial charge in [0.15, 0.2) is 5.96 Å². The molecule has 4 N–H and O–H groups in total. The van der Waals surface area contributed by atoms with Gasteiger partial charge >= 0.3 is 0 Å². The highest BCUT2D eigenvalue weighted by molar-refractivity contribution is 6.31. The van der Waals surface area contributed by atoms with Crippen molar-refractivity contribution < 1.29 is 0 Å². The number of aromatic nitrogens is 1. The molecule has 0 spiro atoms. The van der Waals surface area contributed by atoms with Crippen LogP contribution in [0.2, 0.25) is 5.02 Å². The first-order chi connectivity index (χ1) is 11.7. The van der Waals surface area contributed by atoms with Crippen LogP contribution in [0.5, 0.6) is 0 Å². The monoisotopic (exact) mass is 340 g/mol. The number of benzene rings is 2. The summed E-state index contributed by atoms with van der Waals surface area (Å²) in [6.45, 7) is 1.42. The lowest BCUT2D eigenvalue weighted by Crippen LogP contribution is -2.33. The third-order valence-corrected chi connectivity index (χ3v) is 4.19. The highest BCUT2D eigenvalue weighted by Gasteiger charge is 2.04. The van der Waals surface area contributed by atoms with E-state index in [1.807, 2.05) is 42.6 Å². The van der Waals surface area contributed by atoms with E-state index in [-0.39, 0.29) is 0 Å². The van der Waals surface area contributed by atoms with E-state index < -0.39 is 0 Å². The third-order valence-electron chi connectivity index (χ3n) is 3.96. The largest absolute Gasteiger partial charge is 0.370 e. The zero-order chi connectivity index (χ0) is 16.8. The van der Waals surface area contributed by atoms with Crippen LogP contribution in [0.4, 0.5) is 0 Å². The number of H-pyrrole nitrogens is 1. The van der Waals surface area contributed by atoms with Crippen LogP contribution in [0.15, 0.2) is 59.7 Å². The average molecular weight is 341 g/mol. The topological polar surface area (TPSA) is 66.2 Å². The number of nitrogens with one attached hydrogen (secondary N) is 2. The Morgan fingerprint density at radius 1 is 1.12 bits per heavy atom. The summed E-state index contributed by atoms with van der Waals surface area (Å²) < 4.78 is 0. The van der Waals surface area contributed by atoms with Gasteiger partial charge in [0.2, 0.25) is 0 Å². The Balaban J connectivity index is 1.49. The Hall–Kier alpha value is -2.46. The smallest absolute Gasteiger partial charge is 0.188 e. The van der Waals surface area contributed by atoms with Gasteiger partial charge in [-0.3, -0.25) is 4.99 Å². The fourth-order valence-corrected chi connectivity index (χ4v) is 2.86. The molecular formula is C19H21ClN4. The van der Waals surface area contributed by atoms with Gasteiger partial charge < -0.3 is 16.0 Å². The van der Waals surface area contributed by atoms with Crippen molar-refractivity contribution in [3.8, 4) is 0 Å². The van der Waals surface area contributed by atoms with E-state index in [9.17, 15) is 0 Å². The molecule has 4 nitrogen and oxygen atoms in total. The standard InChI is InChI=1S/C19H21ClN4/c20-16-6-7-18-17(12-16)15(13-24-18)9-11-23-19(21)22-10-8-14-4-2-1-3-5-14/h1-7,12-13,24H,8-11H2,(H3,21,22,23). The first kappa shape index (κ1) is 16.4. The molecule has 0 radical (unpaired) electrons. The first-order valence-corrected chi connectivity index (χ1v) is 8.43. The van der Waals surface area contributed by atoms with E-state index in [1.54, 1.807) is 0 Å². The number of fused-ring (bicyclic) bond motifs is 1. The molecule has 24 heavy (non-hydrogen) atoms. The van der Waals surface area contributed by atoms with Gasteiger partial charge in [0.05, 0.1) is 0 Å². The second kappa shape index (κ2) is 7.88. The van der Waals surface area contributed by atoms with Gasteiger partial charge in [-0.2, -0.15) is 0 Å². The minimum Gasteiger partial charge on any atom is -0.370 e. The summed E-state index contributed by atoms with van der Waals surface area (Å²) in [6, 6.07) is 16.2. The lowest BCUT2D eigenvalue weighted by molar-refractivity contribution is 0.844. The van der Waals surface area contributed by atoms with Crippen LogP contribution >= 0.6 is 11.6 Å². The molecule has 0 aliphatic carbocycles. The highest BCUT2D eigenvalue weighted by Crippen LogP contribution is 2.22. The Kier molecular flexibility index (Phi) is 5.39. The zero-order valence-electron chi connectivity index (χ0n) is 13.4. The maximum atomic E-state index is 6.07. The second-order valence-electron chi connectivity index (χ2n) is 5.68. The molecule has 2 aromatic carbocycles. The van der Waals surface area contributed by atoms with Gasteiger partial charge in [-0.15, -0.1) is 0 Å². The predicted molar refractivity (Wildman–Crippen MR) is 102 cm³/mol. The predicted octanol–water partition coefficient (Wildman–Crippen LogP) is 3.51. The van der Waals surface area contributed by atoms with E-state index in [1.165, 1.54) is 11.1 Å². The van der Waals surface area contributed by atoms with Crippen molar-refractivity contribution >= 4 is 28.5 Å². The summed E-state index contributed by atoms with van der Waals surface area (Å²) in [5, 5.41) is 5.05. The second-order valence-corrected chi connectivity index (χ2v) is 6.12. The fraction of sp³-hybridized carbons (Fsp3) is 0.211. The number of rotatable bonds is 6. The third kappa shape index (κ3) is 4.30. The van der Waals surface area contributed by atoms with Gasteiger partial charge in [-0.25, -0.2) is 0 Å². The summed E-state index contributed by atoms with van der Waals surface area (Å²) in [4.78, 5) is 7.65. The Bertz CT molecular complexity index is 824. The van der Waals surface area contributed by atoms with Crippen LogP contribution in [-0.2, 0) is 12.8 Å². The van der Waals surface area contributed by atoms with Crippen molar-refractivity contribution in [2.75, 3.05) is 13.1 Å². The van der Waals surface area contributed by atoms with Crippen molar-refractivity contribution in [3.05, 3.63) is 70.9 Å². The molecule has 1 heterocycles. The number of halogens is 1. The molecule has 0 aliphatic heterocycles. The van der Waals surface area contributed by atoms with Crippen LogP contribution in [-0.4, -0.2) is 24.0 Å². The Labute approximate surface area is 146 Å². The lowest BCUT2D eigenvalue weighted by Gasteiger charge is -2.05. The fourth-order valence-electron chi connectivity index (χ4n) is 2.69. The zero-order valence-corrected chi connectivity index (χ0v) is 14.2. The highest BCUT2D eigenvalue weighted by atomic mass is 35.5. The van der Waals surface area contributed by atoms with E-state index >= 15 is 0 Å². The molecule has 0 aliphatic rings. The molecule has 0 bridgehead atoms. The molecule has 3 aromatic rings. The summed E-state index contributed by atoms with van der Waals surface area (Å²) in [7, 11) is 0. The molecule has 0 saturated carbocycles. The van der Waals surface area contributed by atoms with Crippen molar-refractivity contribution in [2.45, 2.75) is 12.8 Å². The van der Waals surface area contributed by atoms with Crippen LogP contribution in [0.1, 0.15) is 11.1 Å². The summed E-state index contributed by atoms with van der Waals surface area (Å²) in [6.07, 6.45) is 3.76. The maximum absolute atomic E-state index is 6.07. The molecular weight excluding hydrogens is 320 g/mol. The van der Waals surface area contributed by atoms with Crippen LogP contribution in [0, 0.1) is 0 Å². The summed E-state index contributed by atoms with van der Waals surface area (Å²) in [5.74, 6) is 0.490. The number of guanidine groups is 1. The molecule has 0 amide bonds. The van der Waals surface area contributed by atoms with Crippen LogP contribution < -0.4 is 11.1 Å². The molecule has 5 heteroatoms. The molecule has 124 valence electrons. The van der Waals surface area contributed by atoms with Gasteiger partial charge in [0.1, 0.15) is 0 Å². The number of aliphatic imine (C=N–C) groups is 1. The molecule has 3 rings (SSSR count). The average Bonchev–Trinajstić information content (AvgIpc) is 2.98. The molecule has 0 unspecified atom stereocenters. The van der Waals surface area contributed by atoms with Gasteiger partial charge in [0, 0.05) is 35.2 Å². The summed E-state index contributed by atoms with van der Waals surface area (Å²) in [5.41, 5.74) is 9.50. The molecule has 1 aromatic heterocycles. The number of hydrogen-bond donors (Lipinski definition) is 3. The lowest BCUT2D eigenvalue weighted by atomic mass is 10.1. The van der Waals surface area contributed by atoms with E-state index in [4.69, 9.17) is 17.3 Å². The van der Waals surface area contributed by atoms with Crippen molar-refractivity contribution in [1.82, 2.24) is 10.3 Å². The minimum atomic E-state index is 0.490. The summed E-state index contributed by atoms with van der Waals surface area (Å²) >= 11 is 6.07. The van der Waals surface area contributed by atoms with E-state index in [0.717, 1.165) is 35.3 Å². The Morgan fingerprint density at radius 2 is 1.96 bits per heavy atom. The number of aromatic amines is 1. The van der Waals surface area contributed by atoms with E-state index in [2.05, 4.69) is 27.4 Å². The SMILES string of the molecule is NC(=NCCc1c[nH]c2ccc(Cl)cc12)NCCc1ccccc1. The van der Waals surface area contributed by atoms with Crippen molar-refractivity contribution in [3.63, 3.8) is 0 Å². The number of nitrogens with two attached hydrogens (primary N) is 1. The number of hydrogen-bond acceptors (Lipinski definition) is 1. The number of nitrogens with zero attached hydrogens (tertiary/aromatic N) is 1. The normalized spacial score (nSPS) is 11.8. The quantitative estimate of drug-likeness (QED) is 0.475. The Morgan fingerprint density at radius 3 is 2.79 bits per heavy atom. The first-order valence-electron chi connectivity index (χ1n) is 8.05. The molecule has 0 saturated heterocycles. The van der Waals surface area contributed by atoms with Crippen molar-refractivity contribution in [2.24, 2.45) is 10.7 Å². The maximum Gasteiger partial charge on any atom is 0.188 e. The van der Waals surface area contributed by atoms with Gasteiger partial charge in [-0.1, -0.05) is 41.9 Å². The van der Waals surface area contributed by atoms with Crippen molar-refractivity contribution in [1.29, 1.82) is 0 Å². The molecule has 0 atom stereocenters. The van der Waals surface area contributed by atoms with Gasteiger partial charge in [0.25, 0.3) is 0 Å². The van der Waals surface area contributed by atoms with Gasteiger partial charge in [-0.05, 0) is 42.2 Å². The molecule has 0 fully saturated rings. The minimum absolute atomic E-state index is 0.490. The van der Waals surface area contributed by atoms with E-state index in [0.29, 0.717) is 12.5 Å².